The minimum absolute atomic E-state index is 0.186. The van der Waals surface area contributed by atoms with Crippen LogP contribution in [0.25, 0.3) is 0 Å². The second-order valence-electron chi connectivity index (χ2n) is 6.07. The van der Waals surface area contributed by atoms with Crippen molar-refractivity contribution < 1.29 is 4.79 Å². The van der Waals surface area contributed by atoms with Crippen molar-refractivity contribution >= 4 is 34.8 Å². The Morgan fingerprint density at radius 2 is 1.75 bits per heavy atom. The number of amides is 1. The molecule has 0 N–H and O–H groups in total. The number of carbonyl (C=O) groups is 1. The van der Waals surface area contributed by atoms with Crippen LogP contribution in [0.4, 0.5) is 5.69 Å². The van der Waals surface area contributed by atoms with E-state index in [4.69, 9.17) is 23.2 Å². The van der Waals surface area contributed by atoms with Gasteiger partial charge in [-0.15, -0.1) is 0 Å². The van der Waals surface area contributed by atoms with Crippen LogP contribution in [-0.2, 0) is 11.2 Å². The number of anilines is 1. The summed E-state index contributed by atoms with van der Waals surface area (Å²) < 4.78 is 0. The molecule has 3 rings (SSSR count). The lowest BCUT2D eigenvalue weighted by Crippen LogP contribution is -2.49. The van der Waals surface area contributed by atoms with Crippen LogP contribution in [0, 0.1) is 6.92 Å². The van der Waals surface area contributed by atoms with Gasteiger partial charge in [-0.1, -0.05) is 47.5 Å². The van der Waals surface area contributed by atoms with Crippen LogP contribution in [0.3, 0.4) is 0 Å². The van der Waals surface area contributed by atoms with E-state index in [1.807, 2.05) is 48.2 Å². The summed E-state index contributed by atoms with van der Waals surface area (Å²) in [5.74, 6) is 0.186. The Morgan fingerprint density at radius 1 is 1.04 bits per heavy atom. The zero-order chi connectivity index (χ0) is 17.1. The highest BCUT2D eigenvalue weighted by Crippen LogP contribution is 2.29. The van der Waals surface area contributed by atoms with Gasteiger partial charge in [-0.25, -0.2) is 0 Å². The van der Waals surface area contributed by atoms with Crippen molar-refractivity contribution in [2.24, 2.45) is 0 Å². The van der Waals surface area contributed by atoms with E-state index in [0.29, 0.717) is 29.6 Å². The summed E-state index contributed by atoms with van der Waals surface area (Å²) >= 11 is 12.2. The molecular formula is C19H20Cl2N2O. The van der Waals surface area contributed by atoms with Crippen molar-refractivity contribution in [1.29, 1.82) is 0 Å². The standard InChI is InChI=1S/C19H20Cl2N2O/c1-14-4-2-3-5-15(14)12-19(24)23-10-8-22(9-11-23)18-7-6-16(20)13-17(18)21/h2-7,13H,8-12H2,1H3. The minimum atomic E-state index is 0.186. The number of piperazine rings is 1. The second-order valence-corrected chi connectivity index (χ2v) is 6.91. The Hall–Kier alpha value is -1.71. The molecule has 1 aliphatic rings. The third-order valence-electron chi connectivity index (χ3n) is 4.49. The number of halogens is 2. The third-order valence-corrected chi connectivity index (χ3v) is 5.02. The third kappa shape index (κ3) is 3.85. The molecule has 0 saturated carbocycles. The number of aryl methyl sites for hydroxylation is 1. The van der Waals surface area contributed by atoms with Crippen molar-refractivity contribution in [3.05, 3.63) is 63.6 Å². The highest BCUT2D eigenvalue weighted by atomic mass is 35.5. The predicted molar refractivity (Wildman–Crippen MR) is 100 cm³/mol. The second kappa shape index (κ2) is 7.45. The van der Waals surface area contributed by atoms with Gasteiger partial charge in [0.25, 0.3) is 0 Å². The van der Waals surface area contributed by atoms with Crippen LogP contribution in [0.15, 0.2) is 42.5 Å². The summed E-state index contributed by atoms with van der Waals surface area (Å²) in [7, 11) is 0. The monoisotopic (exact) mass is 362 g/mol. The molecular weight excluding hydrogens is 343 g/mol. The number of nitrogens with zero attached hydrogens (tertiary/aromatic N) is 2. The summed E-state index contributed by atoms with van der Waals surface area (Å²) in [5, 5.41) is 1.29. The highest BCUT2D eigenvalue weighted by molar-refractivity contribution is 6.36. The molecule has 3 nitrogen and oxygen atoms in total. The van der Waals surface area contributed by atoms with Gasteiger partial charge in [-0.05, 0) is 36.2 Å². The average molecular weight is 363 g/mol. The Kier molecular flexibility index (Phi) is 5.32. The van der Waals surface area contributed by atoms with Crippen LogP contribution in [0.1, 0.15) is 11.1 Å². The summed E-state index contributed by atoms with van der Waals surface area (Å²) in [6, 6.07) is 13.6. The van der Waals surface area contributed by atoms with E-state index in [1.54, 1.807) is 6.07 Å². The van der Waals surface area contributed by atoms with Gasteiger partial charge in [0, 0.05) is 31.2 Å². The molecule has 0 bridgehead atoms. The van der Waals surface area contributed by atoms with E-state index < -0.39 is 0 Å². The van der Waals surface area contributed by atoms with E-state index in [9.17, 15) is 4.79 Å². The maximum absolute atomic E-state index is 12.5. The Labute approximate surface area is 152 Å². The van der Waals surface area contributed by atoms with Gasteiger partial charge in [-0.2, -0.15) is 0 Å². The largest absolute Gasteiger partial charge is 0.367 e. The van der Waals surface area contributed by atoms with Crippen molar-refractivity contribution in [2.75, 3.05) is 31.1 Å². The molecule has 1 saturated heterocycles. The summed E-state index contributed by atoms with van der Waals surface area (Å²) in [5.41, 5.74) is 3.25. The number of rotatable bonds is 3. The van der Waals surface area contributed by atoms with E-state index >= 15 is 0 Å². The van der Waals surface area contributed by atoms with E-state index in [-0.39, 0.29) is 5.91 Å². The highest BCUT2D eigenvalue weighted by Gasteiger charge is 2.22. The molecule has 1 heterocycles. The first-order valence-corrected chi connectivity index (χ1v) is 8.82. The van der Waals surface area contributed by atoms with Crippen LogP contribution < -0.4 is 4.90 Å². The fourth-order valence-corrected chi connectivity index (χ4v) is 3.55. The number of benzene rings is 2. The SMILES string of the molecule is Cc1ccccc1CC(=O)N1CCN(c2ccc(Cl)cc2Cl)CC1. The van der Waals surface area contributed by atoms with Gasteiger partial charge in [0.15, 0.2) is 0 Å². The lowest BCUT2D eigenvalue weighted by molar-refractivity contribution is -0.130. The number of hydrogen-bond acceptors (Lipinski definition) is 2. The first-order chi connectivity index (χ1) is 11.5. The lowest BCUT2D eigenvalue weighted by atomic mass is 10.1. The molecule has 5 heteroatoms. The van der Waals surface area contributed by atoms with Gasteiger partial charge in [0.05, 0.1) is 17.1 Å². The first kappa shape index (κ1) is 17.1. The molecule has 0 radical (unpaired) electrons. The molecule has 2 aromatic carbocycles. The Bertz CT molecular complexity index is 740. The molecule has 1 amide bonds. The lowest BCUT2D eigenvalue weighted by Gasteiger charge is -2.36. The summed E-state index contributed by atoms with van der Waals surface area (Å²) in [4.78, 5) is 16.7. The molecule has 0 unspecified atom stereocenters. The van der Waals surface area contributed by atoms with Crippen LogP contribution in [0.2, 0.25) is 10.0 Å². The van der Waals surface area contributed by atoms with E-state index in [0.717, 1.165) is 29.9 Å². The van der Waals surface area contributed by atoms with Crippen molar-refractivity contribution in [3.8, 4) is 0 Å². The smallest absolute Gasteiger partial charge is 0.227 e. The van der Waals surface area contributed by atoms with Crippen molar-refractivity contribution in [2.45, 2.75) is 13.3 Å². The fraction of sp³-hybridized carbons (Fsp3) is 0.316. The van der Waals surface area contributed by atoms with E-state index in [2.05, 4.69) is 4.90 Å². The summed E-state index contributed by atoms with van der Waals surface area (Å²) in [6.07, 6.45) is 0.467. The van der Waals surface area contributed by atoms with E-state index in [1.165, 1.54) is 0 Å². The molecule has 126 valence electrons. The molecule has 0 atom stereocenters. The van der Waals surface area contributed by atoms with Crippen LogP contribution in [-0.4, -0.2) is 37.0 Å². The maximum Gasteiger partial charge on any atom is 0.227 e. The molecule has 0 aliphatic carbocycles. The Morgan fingerprint density at radius 3 is 2.42 bits per heavy atom. The van der Waals surface area contributed by atoms with Crippen molar-refractivity contribution in [1.82, 2.24) is 4.90 Å². The number of carbonyl (C=O) groups excluding carboxylic acids is 1. The predicted octanol–water partition coefficient (Wildman–Crippen LogP) is 4.19. The summed E-state index contributed by atoms with van der Waals surface area (Å²) in [6.45, 7) is 5.03. The zero-order valence-electron chi connectivity index (χ0n) is 13.6. The quantitative estimate of drug-likeness (QED) is 0.816. The average Bonchev–Trinajstić information content (AvgIpc) is 2.57. The minimum Gasteiger partial charge on any atom is -0.367 e. The first-order valence-electron chi connectivity index (χ1n) is 8.07. The zero-order valence-corrected chi connectivity index (χ0v) is 15.1. The fourth-order valence-electron chi connectivity index (χ4n) is 3.02. The molecule has 24 heavy (non-hydrogen) atoms. The van der Waals surface area contributed by atoms with Crippen molar-refractivity contribution in [3.63, 3.8) is 0 Å². The Balaban J connectivity index is 1.60. The normalized spacial score (nSPS) is 14.8. The molecule has 0 aromatic heterocycles. The van der Waals surface area contributed by atoms with Crippen LogP contribution in [0.5, 0.6) is 0 Å². The molecule has 1 fully saturated rings. The van der Waals surface area contributed by atoms with Gasteiger partial charge in [0.2, 0.25) is 5.91 Å². The van der Waals surface area contributed by atoms with Crippen LogP contribution >= 0.6 is 23.2 Å². The molecule has 2 aromatic rings. The molecule has 1 aliphatic heterocycles. The molecule has 0 spiro atoms. The number of hydrogen-bond donors (Lipinski definition) is 0. The van der Waals surface area contributed by atoms with Gasteiger partial charge in [0.1, 0.15) is 0 Å². The topological polar surface area (TPSA) is 23.6 Å². The maximum atomic E-state index is 12.5. The van der Waals surface area contributed by atoms with Gasteiger partial charge >= 0.3 is 0 Å². The van der Waals surface area contributed by atoms with Gasteiger partial charge < -0.3 is 9.80 Å². The van der Waals surface area contributed by atoms with Gasteiger partial charge in [-0.3, -0.25) is 4.79 Å².